The lowest BCUT2D eigenvalue weighted by Crippen LogP contribution is -2.49. The summed E-state index contributed by atoms with van der Waals surface area (Å²) in [7, 11) is 0. The van der Waals surface area contributed by atoms with Crippen LogP contribution < -0.4 is 5.32 Å². The molecule has 3 heteroatoms. The van der Waals surface area contributed by atoms with E-state index in [1.807, 2.05) is 0 Å². The third-order valence-corrected chi connectivity index (χ3v) is 5.21. The third kappa shape index (κ3) is 4.71. The SMILES string of the molecule is CCNCC(C(C)C)N1CCC(CN2CCCC2)CC1. The summed E-state index contributed by atoms with van der Waals surface area (Å²) in [6.45, 7) is 15.9. The van der Waals surface area contributed by atoms with Crippen molar-refractivity contribution in [3.63, 3.8) is 0 Å². The molecule has 2 aliphatic heterocycles. The Labute approximate surface area is 126 Å². The molecule has 2 aliphatic rings. The quantitative estimate of drug-likeness (QED) is 0.773. The zero-order valence-corrected chi connectivity index (χ0v) is 13.9. The number of hydrogen-bond donors (Lipinski definition) is 1. The minimum Gasteiger partial charge on any atom is -0.315 e. The average molecular weight is 281 g/mol. The van der Waals surface area contributed by atoms with Crippen LogP contribution in [0.3, 0.4) is 0 Å². The number of nitrogens with zero attached hydrogens (tertiary/aromatic N) is 2. The Balaban J connectivity index is 1.73. The summed E-state index contributed by atoms with van der Waals surface area (Å²) in [5.74, 6) is 1.71. The topological polar surface area (TPSA) is 18.5 Å². The normalized spacial score (nSPS) is 24.6. The summed E-state index contributed by atoms with van der Waals surface area (Å²) in [6, 6.07) is 0.725. The molecule has 0 aromatic heterocycles. The van der Waals surface area contributed by atoms with Crippen LogP contribution in [0.25, 0.3) is 0 Å². The van der Waals surface area contributed by atoms with Gasteiger partial charge in [0.15, 0.2) is 0 Å². The van der Waals surface area contributed by atoms with Gasteiger partial charge < -0.3 is 10.2 Å². The molecule has 0 saturated carbocycles. The van der Waals surface area contributed by atoms with Crippen molar-refractivity contribution in [2.75, 3.05) is 45.8 Å². The van der Waals surface area contributed by atoms with Crippen LogP contribution in [0.1, 0.15) is 46.5 Å². The van der Waals surface area contributed by atoms with E-state index in [1.54, 1.807) is 0 Å². The number of likely N-dealkylation sites (N-methyl/N-ethyl adjacent to an activating group) is 1. The van der Waals surface area contributed by atoms with E-state index in [9.17, 15) is 0 Å². The lowest BCUT2D eigenvalue weighted by atomic mass is 9.92. The van der Waals surface area contributed by atoms with Crippen molar-refractivity contribution in [2.45, 2.75) is 52.5 Å². The highest BCUT2D eigenvalue weighted by Crippen LogP contribution is 2.23. The van der Waals surface area contributed by atoms with Crippen molar-refractivity contribution in [1.29, 1.82) is 0 Å². The van der Waals surface area contributed by atoms with Gasteiger partial charge >= 0.3 is 0 Å². The Kier molecular flexibility index (Phi) is 6.79. The van der Waals surface area contributed by atoms with Gasteiger partial charge in [-0.3, -0.25) is 4.90 Å². The predicted octanol–water partition coefficient (Wildman–Crippen LogP) is 2.43. The molecule has 2 saturated heterocycles. The maximum atomic E-state index is 3.55. The molecule has 1 N–H and O–H groups in total. The molecule has 2 rings (SSSR count). The number of piperidine rings is 1. The second kappa shape index (κ2) is 8.35. The van der Waals surface area contributed by atoms with Gasteiger partial charge in [-0.1, -0.05) is 20.8 Å². The summed E-state index contributed by atoms with van der Waals surface area (Å²) >= 11 is 0. The average Bonchev–Trinajstić information content (AvgIpc) is 2.93. The molecule has 0 spiro atoms. The van der Waals surface area contributed by atoms with Crippen molar-refractivity contribution < 1.29 is 0 Å². The molecule has 1 unspecified atom stereocenters. The van der Waals surface area contributed by atoms with Gasteiger partial charge in [0.25, 0.3) is 0 Å². The second-order valence-electron chi connectivity index (χ2n) is 7.11. The third-order valence-electron chi connectivity index (χ3n) is 5.21. The van der Waals surface area contributed by atoms with Crippen LogP contribution in [0.5, 0.6) is 0 Å². The Morgan fingerprint density at radius 1 is 1.05 bits per heavy atom. The molecular formula is C17H35N3. The summed E-state index contributed by atoms with van der Waals surface area (Å²) < 4.78 is 0. The van der Waals surface area contributed by atoms with Gasteiger partial charge in [-0.2, -0.15) is 0 Å². The first-order valence-corrected chi connectivity index (χ1v) is 8.87. The predicted molar refractivity (Wildman–Crippen MR) is 87.1 cm³/mol. The van der Waals surface area contributed by atoms with E-state index in [1.165, 1.54) is 58.4 Å². The summed E-state index contributed by atoms with van der Waals surface area (Å²) in [5.41, 5.74) is 0. The van der Waals surface area contributed by atoms with E-state index in [0.717, 1.165) is 31.0 Å². The van der Waals surface area contributed by atoms with E-state index >= 15 is 0 Å². The monoisotopic (exact) mass is 281 g/mol. The Bertz CT molecular complexity index is 253. The molecule has 0 aliphatic carbocycles. The van der Waals surface area contributed by atoms with Crippen molar-refractivity contribution in [1.82, 2.24) is 15.1 Å². The molecule has 0 bridgehead atoms. The zero-order valence-electron chi connectivity index (χ0n) is 13.9. The molecule has 2 heterocycles. The van der Waals surface area contributed by atoms with Gasteiger partial charge in [0.2, 0.25) is 0 Å². The molecule has 0 aromatic carbocycles. The van der Waals surface area contributed by atoms with Crippen LogP contribution in [0.15, 0.2) is 0 Å². The standard InChI is InChI=1S/C17H35N3/c1-4-18-13-17(15(2)3)20-11-7-16(8-12-20)14-19-9-5-6-10-19/h15-18H,4-14H2,1-3H3. The lowest BCUT2D eigenvalue weighted by molar-refractivity contribution is 0.0916. The van der Waals surface area contributed by atoms with E-state index in [-0.39, 0.29) is 0 Å². The van der Waals surface area contributed by atoms with Crippen molar-refractivity contribution >= 4 is 0 Å². The first-order valence-electron chi connectivity index (χ1n) is 8.87. The van der Waals surface area contributed by atoms with Crippen LogP contribution in [-0.4, -0.2) is 61.7 Å². The van der Waals surface area contributed by atoms with Gasteiger partial charge in [-0.05, 0) is 70.2 Å². The molecule has 1 atom stereocenters. The fourth-order valence-corrected chi connectivity index (χ4v) is 3.88. The molecule has 20 heavy (non-hydrogen) atoms. The molecule has 0 aromatic rings. The maximum absolute atomic E-state index is 3.55. The van der Waals surface area contributed by atoms with E-state index in [4.69, 9.17) is 0 Å². The minimum absolute atomic E-state index is 0.725. The van der Waals surface area contributed by atoms with Gasteiger partial charge in [-0.15, -0.1) is 0 Å². The van der Waals surface area contributed by atoms with Crippen molar-refractivity contribution in [3.05, 3.63) is 0 Å². The zero-order chi connectivity index (χ0) is 14.4. The Morgan fingerprint density at radius 3 is 2.25 bits per heavy atom. The summed E-state index contributed by atoms with van der Waals surface area (Å²) in [6.07, 6.45) is 5.67. The number of likely N-dealkylation sites (tertiary alicyclic amines) is 2. The highest BCUT2D eigenvalue weighted by atomic mass is 15.2. The molecule has 118 valence electrons. The number of hydrogen-bond acceptors (Lipinski definition) is 3. The highest BCUT2D eigenvalue weighted by Gasteiger charge is 2.27. The van der Waals surface area contributed by atoms with E-state index in [2.05, 4.69) is 35.9 Å². The first kappa shape index (κ1) is 16.3. The van der Waals surface area contributed by atoms with Crippen LogP contribution in [0, 0.1) is 11.8 Å². The summed E-state index contributed by atoms with van der Waals surface area (Å²) in [5, 5.41) is 3.55. The van der Waals surface area contributed by atoms with Gasteiger partial charge in [0.1, 0.15) is 0 Å². The van der Waals surface area contributed by atoms with E-state index < -0.39 is 0 Å². The van der Waals surface area contributed by atoms with Gasteiger partial charge in [0.05, 0.1) is 0 Å². The molecular weight excluding hydrogens is 246 g/mol. The van der Waals surface area contributed by atoms with Crippen molar-refractivity contribution in [3.8, 4) is 0 Å². The van der Waals surface area contributed by atoms with Crippen LogP contribution in [0.4, 0.5) is 0 Å². The fourth-order valence-electron chi connectivity index (χ4n) is 3.88. The molecule has 0 amide bonds. The molecule has 2 fully saturated rings. The summed E-state index contributed by atoms with van der Waals surface area (Å²) in [4.78, 5) is 5.44. The smallest absolute Gasteiger partial charge is 0.0243 e. The van der Waals surface area contributed by atoms with Crippen molar-refractivity contribution in [2.24, 2.45) is 11.8 Å². The van der Waals surface area contributed by atoms with E-state index in [0.29, 0.717) is 0 Å². The Morgan fingerprint density at radius 2 is 1.70 bits per heavy atom. The van der Waals surface area contributed by atoms with Crippen LogP contribution in [0.2, 0.25) is 0 Å². The van der Waals surface area contributed by atoms with Gasteiger partial charge in [-0.25, -0.2) is 0 Å². The van der Waals surface area contributed by atoms with Gasteiger partial charge in [0, 0.05) is 19.1 Å². The number of rotatable bonds is 7. The minimum atomic E-state index is 0.725. The largest absolute Gasteiger partial charge is 0.315 e. The number of nitrogens with one attached hydrogen (secondary N) is 1. The molecule has 3 nitrogen and oxygen atoms in total. The Hall–Kier alpha value is -0.120. The highest BCUT2D eigenvalue weighted by molar-refractivity contribution is 4.83. The first-order chi connectivity index (χ1) is 9.70. The lowest BCUT2D eigenvalue weighted by Gasteiger charge is -2.40. The van der Waals surface area contributed by atoms with Crippen LogP contribution >= 0.6 is 0 Å². The fraction of sp³-hybridized carbons (Fsp3) is 1.00. The molecule has 0 radical (unpaired) electrons. The second-order valence-corrected chi connectivity index (χ2v) is 7.11. The maximum Gasteiger partial charge on any atom is 0.0243 e. The van der Waals surface area contributed by atoms with Crippen LogP contribution in [-0.2, 0) is 0 Å².